The number of anilines is 1. The van der Waals surface area contributed by atoms with E-state index in [-0.39, 0.29) is 11.9 Å². The Balaban J connectivity index is 2.03. The van der Waals surface area contributed by atoms with E-state index in [4.69, 9.17) is 16.3 Å². The molecule has 2 aromatic rings. The summed E-state index contributed by atoms with van der Waals surface area (Å²) in [7, 11) is 3.52. The van der Waals surface area contributed by atoms with Gasteiger partial charge in [-0.05, 0) is 44.3 Å². The normalized spacial score (nSPS) is 12.1. The van der Waals surface area contributed by atoms with E-state index in [1.165, 1.54) is 6.20 Å². The molecule has 24 heavy (non-hydrogen) atoms. The maximum absolute atomic E-state index is 12.4. The van der Waals surface area contributed by atoms with Crippen molar-refractivity contribution in [2.75, 3.05) is 19.5 Å². The molecule has 0 aliphatic heterocycles. The number of aromatic nitrogens is 1. The first kappa shape index (κ1) is 18.7. The molecule has 0 fully saturated rings. The second kappa shape index (κ2) is 8.46. The second-order valence-corrected chi connectivity index (χ2v) is 6.75. The summed E-state index contributed by atoms with van der Waals surface area (Å²) in [6, 6.07) is 8.82. The molecule has 0 bridgehead atoms. The molecular formula is C17H19BrClN3O2. The van der Waals surface area contributed by atoms with E-state index in [0.717, 1.165) is 15.8 Å². The van der Waals surface area contributed by atoms with Crippen molar-refractivity contribution in [2.45, 2.75) is 19.5 Å². The molecule has 0 saturated carbocycles. The standard InChI is InChI=1S/C17H19BrClN3O2/c1-11(17(23)21-16-7-5-14(19)9-20-16)22(2)10-12-8-13(18)4-6-15(12)24-3/h4-9,11H,10H2,1-3H3,(H,20,21,23). The fraction of sp³-hybridized carbons (Fsp3) is 0.294. The smallest absolute Gasteiger partial charge is 0.242 e. The molecule has 1 aromatic heterocycles. The van der Waals surface area contributed by atoms with Crippen LogP contribution in [0.3, 0.4) is 0 Å². The van der Waals surface area contributed by atoms with Crippen LogP contribution in [-0.2, 0) is 11.3 Å². The van der Waals surface area contributed by atoms with Gasteiger partial charge in [0, 0.05) is 22.8 Å². The lowest BCUT2D eigenvalue weighted by atomic mass is 10.1. The monoisotopic (exact) mass is 411 g/mol. The third-order valence-corrected chi connectivity index (χ3v) is 4.40. The zero-order valence-electron chi connectivity index (χ0n) is 13.7. The summed E-state index contributed by atoms with van der Waals surface area (Å²) in [6.07, 6.45) is 1.50. The van der Waals surface area contributed by atoms with Crippen molar-refractivity contribution >= 4 is 39.3 Å². The van der Waals surface area contributed by atoms with E-state index in [1.54, 1.807) is 19.2 Å². The minimum atomic E-state index is -0.342. The number of nitrogens with one attached hydrogen (secondary N) is 1. The molecular weight excluding hydrogens is 394 g/mol. The molecule has 1 heterocycles. The predicted octanol–water partition coefficient (Wildman–Crippen LogP) is 3.97. The molecule has 128 valence electrons. The molecule has 1 atom stereocenters. The number of likely N-dealkylation sites (N-methyl/N-ethyl adjacent to an activating group) is 1. The summed E-state index contributed by atoms with van der Waals surface area (Å²) in [4.78, 5) is 18.4. The minimum Gasteiger partial charge on any atom is -0.496 e. The quantitative estimate of drug-likeness (QED) is 0.780. The van der Waals surface area contributed by atoms with Crippen LogP contribution in [0.15, 0.2) is 41.0 Å². The first-order valence-electron chi connectivity index (χ1n) is 7.35. The summed E-state index contributed by atoms with van der Waals surface area (Å²) >= 11 is 9.25. The number of amides is 1. The van der Waals surface area contributed by atoms with Crippen LogP contribution in [0.1, 0.15) is 12.5 Å². The highest BCUT2D eigenvalue weighted by Gasteiger charge is 2.20. The molecule has 0 aliphatic carbocycles. The number of rotatable bonds is 6. The molecule has 0 aliphatic rings. The number of nitrogens with zero attached hydrogens (tertiary/aromatic N) is 2. The molecule has 0 radical (unpaired) electrons. The summed E-state index contributed by atoms with van der Waals surface area (Å²) in [5.41, 5.74) is 0.999. The Morgan fingerprint density at radius 2 is 2.17 bits per heavy atom. The van der Waals surface area contributed by atoms with Gasteiger partial charge in [0.15, 0.2) is 0 Å². The SMILES string of the molecule is COc1ccc(Br)cc1CN(C)C(C)C(=O)Nc1ccc(Cl)cn1. The van der Waals surface area contributed by atoms with Gasteiger partial charge in [0.1, 0.15) is 11.6 Å². The number of methoxy groups -OCH3 is 1. The molecule has 1 amide bonds. The van der Waals surface area contributed by atoms with Crippen LogP contribution < -0.4 is 10.1 Å². The van der Waals surface area contributed by atoms with E-state index >= 15 is 0 Å². The van der Waals surface area contributed by atoms with Gasteiger partial charge < -0.3 is 10.1 Å². The number of carbonyl (C=O) groups is 1. The summed E-state index contributed by atoms with van der Waals surface area (Å²) in [5, 5.41) is 3.31. The Labute approximate surface area is 155 Å². The van der Waals surface area contributed by atoms with Crippen molar-refractivity contribution in [3.8, 4) is 5.75 Å². The topological polar surface area (TPSA) is 54.5 Å². The van der Waals surface area contributed by atoms with Gasteiger partial charge in [-0.3, -0.25) is 9.69 Å². The number of pyridine rings is 1. The molecule has 5 nitrogen and oxygen atoms in total. The Morgan fingerprint density at radius 1 is 1.42 bits per heavy atom. The molecule has 7 heteroatoms. The fourth-order valence-corrected chi connectivity index (χ4v) is 2.68. The number of hydrogen-bond acceptors (Lipinski definition) is 4. The van der Waals surface area contributed by atoms with E-state index in [1.807, 2.05) is 37.1 Å². The summed E-state index contributed by atoms with van der Waals surface area (Å²) in [5.74, 6) is 1.13. The van der Waals surface area contributed by atoms with Crippen LogP contribution in [0.25, 0.3) is 0 Å². The highest BCUT2D eigenvalue weighted by atomic mass is 79.9. The van der Waals surface area contributed by atoms with Gasteiger partial charge in [0.2, 0.25) is 5.91 Å². The third-order valence-electron chi connectivity index (χ3n) is 3.68. The van der Waals surface area contributed by atoms with Crippen LogP contribution in [-0.4, -0.2) is 36.0 Å². The molecule has 2 rings (SSSR count). The van der Waals surface area contributed by atoms with Gasteiger partial charge >= 0.3 is 0 Å². The highest BCUT2D eigenvalue weighted by molar-refractivity contribution is 9.10. The summed E-state index contributed by atoms with van der Waals surface area (Å²) in [6.45, 7) is 2.42. The van der Waals surface area contributed by atoms with E-state index in [0.29, 0.717) is 17.4 Å². The van der Waals surface area contributed by atoms with Crippen molar-refractivity contribution in [3.05, 3.63) is 51.6 Å². The first-order chi connectivity index (χ1) is 11.4. The lowest BCUT2D eigenvalue weighted by Gasteiger charge is -2.24. The van der Waals surface area contributed by atoms with Crippen molar-refractivity contribution in [3.63, 3.8) is 0 Å². The van der Waals surface area contributed by atoms with Gasteiger partial charge in [-0.1, -0.05) is 27.5 Å². The van der Waals surface area contributed by atoms with Gasteiger partial charge in [-0.2, -0.15) is 0 Å². The molecule has 1 unspecified atom stereocenters. The van der Waals surface area contributed by atoms with Crippen LogP contribution in [0.2, 0.25) is 5.02 Å². The van der Waals surface area contributed by atoms with E-state index in [2.05, 4.69) is 26.2 Å². The van der Waals surface area contributed by atoms with Crippen LogP contribution in [0, 0.1) is 0 Å². The van der Waals surface area contributed by atoms with E-state index in [9.17, 15) is 4.79 Å². The first-order valence-corrected chi connectivity index (χ1v) is 8.53. The van der Waals surface area contributed by atoms with Crippen LogP contribution in [0.5, 0.6) is 5.75 Å². The fourth-order valence-electron chi connectivity index (χ4n) is 2.16. The molecule has 0 saturated heterocycles. The number of benzene rings is 1. The average Bonchev–Trinajstić information content (AvgIpc) is 2.56. The highest BCUT2D eigenvalue weighted by Crippen LogP contribution is 2.24. The third kappa shape index (κ3) is 4.93. The van der Waals surface area contributed by atoms with Crippen molar-refractivity contribution in [2.24, 2.45) is 0 Å². The molecule has 1 N–H and O–H groups in total. The second-order valence-electron chi connectivity index (χ2n) is 5.40. The summed E-state index contributed by atoms with van der Waals surface area (Å²) < 4.78 is 6.34. The average molecular weight is 413 g/mol. The molecule has 1 aromatic carbocycles. The number of halogens is 2. The van der Waals surface area contributed by atoms with Crippen molar-refractivity contribution < 1.29 is 9.53 Å². The van der Waals surface area contributed by atoms with Gasteiger partial charge in [0.05, 0.1) is 18.2 Å². The Hall–Kier alpha value is -1.63. The Morgan fingerprint density at radius 3 is 2.79 bits per heavy atom. The van der Waals surface area contributed by atoms with Gasteiger partial charge in [-0.15, -0.1) is 0 Å². The lowest BCUT2D eigenvalue weighted by molar-refractivity contribution is -0.120. The van der Waals surface area contributed by atoms with Crippen molar-refractivity contribution in [1.82, 2.24) is 9.88 Å². The van der Waals surface area contributed by atoms with E-state index < -0.39 is 0 Å². The van der Waals surface area contributed by atoms with Crippen LogP contribution in [0.4, 0.5) is 5.82 Å². The van der Waals surface area contributed by atoms with Gasteiger partial charge in [-0.25, -0.2) is 4.98 Å². The van der Waals surface area contributed by atoms with Gasteiger partial charge in [0.25, 0.3) is 0 Å². The number of ether oxygens (including phenoxy) is 1. The predicted molar refractivity (Wildman–Crippen MR) is 99.5 cm³/mol. The Kier molecular flexibility index (Phi) is 6.60. The number of carbonyl (C=O) groups excluding carboxylic acids is 1. The zero-order chi connectivity index (χ0) is 17.7. The molecule has 0 spiro atoms. The number of hydrogen-bond donors (Lipinski definition) is 1. The van der Waals surface area contributed by atoms with Crippen LogP contribution >= 0.6 is 27.5 Å². The zero-order valence-corrected chi connectivity index (χ0v) is 16.1. The maximum atomic E-state index is 12.4. The Bertz CT molecular complexity index is 709. The largest absolute Gasteiger partial charge is 0.496 e. The van der Waals surface area contributed by atoms with Crippen molar-refractivity contribution in [1.29, 1.82) is 0 Å². The minimum absolute atomic E-state index is 0.138. The maximum Gasteiger partial charge on any atom is 0.242 e. The lowest BCUT2D eigenvalue weighted by Crippen LogP contribution is -2.39.